The fraction of sp³-hybridized carbons (Fsp3) is 0. The highest BCUT2D eigenvalue weighted by molar-refractivity contribution is 5.88. The van der Waals surface area contributed by atoms with Gasteiger partial charge in [-0.25, -0.2) is 9.48 Å². The highest BCUT2D eigenvalue weighted by Gasteiger charge is 2.08. The minimum absolute atomic E-state index is 0.229. The van der Waals surface area contributed by atoms with Crippen molar-refractivity contribution in [2.24, 2.45) is 0 Å². The number of carbonyl (C=O) groups is 1. The van der Waals surface area contributed by atoms with E-state index in [4.69, 9.17) is 5.11 Å². The number of aromatic carboxylic acids is 1. The number of fused-ring (bicyclic) bond motifs is 1. The molecule has 0 saturated carbocycles. The number of aromatic nitrogens is 3. The van der Waals surface area contributed by atoms with Gasteiger partial charge in [-0.2, -0.15) is 0 Å². The van der Waals surface area contributed by atoms with Gasteiger partial charge in [0.05, 0.1) is 16.8 Å². The van der Waals surface area contributed by atoms with Gasteiger partial charge < -0.3 is 5.11 Å². The molecule has 0 atom stereocenters. The van der Waals surface area contributed by atoms with Crippen LogP contribution in [0.25, 0.3) is 16.7 Å². The van der Waals surface area contributed by atoms with E-state index >= 15 is 0 Å². The molecule has 18 heavy (non-hydrogen) atoms. The summed E-state index contributed by atoms with van der Waals surface area (Å²) in [5.41, 5.74) is 2.54. The van der Waals surface area contributed by atoms with E-state index in [1.165, 1.54) is 0 Å². The lowest BCUT2D eigenvalue weighted by Gasteiger charge is -2.03. The number of nitrogens with zero attached hydrogens (tertiary/aromatic N) is 3. The summed E-state index contributed by atoms with van der Waals surface area (Å²) in [6, 6.07) is 14.1. The number of hydrogen-bond acceptors (Lipinski definition) is 3. The van der Waals surface area contributed by atoms with Crippen LogP contribution in [-0.2, 0) is 0 Å². The second-order valence-electron chi connectivity index (χ2n) is 3.85. The molecule has 0 spiro atoms. The van der Waals surface area contributed by atoms with Crippen LogP contribution in [0, 0.1) is 0 Å². The summed E-state index contributed by atoms with van der Waals surface area (Å²) in [4.78, 5) is 10.9. The number of carboxylic acid groups (broad SMARTS) is 1. The number of hydrogen-bond donors (Lipinski definition) is 1. The SMILES string of the molecule is O=C(O)c1cccc(-n2nnc3ccccc32)c1. The molecule has 5 nitrogen and oxygen atoms in total. The highest BCUT2D eigenvalue weighted by Crippen LogP contribution is 2.16. The van der Waals surface area contributed by atoms with Crippen molar-refractivity contribution in [3.8, 4) is 5.69 Å². The minimum Gasteiger partial charge on any atom is -0.478 e. The molecule has 5 heteroatoms. The molecular weight excluding hydrogens is 230 g/mol. The zero-order valence-corrected chi connectivity index (χ0v) is 9.32. The van der Waals surface area contributed by atoms with Gasteiger partial charge in [-0.3, -0.25) is 0 Å². The normalized spacial score (nSPS) is 10.7. The van der Waals surface area contributed by atoms with Gasteiger partial charge in [0.2, 0.25) is 0 Å². The van der Waals surface area contributed by atoms with Crippen LogP contribution in [0.5, 0.6) is 0 Å². The molecule has 0 unspecified atom stereocenters. The Morgan fingerprint density at radius 3 is 2.78 bits per heavy atom. The molecule has 0 aliphatic rings. The van der Waals surface area contributed by atoms with E-state index in [9.17, 15) is 4.79 Å². The van der Waals surface area contributed by atoms with Crippen molar-refractivity contribution in [3.63, 3.8) is 0 Å². The number of para-hydroxylation sites is 1. The third-order valence-corrected chi connectivity index (χ3v) is 2.69. The van der Waals surface area contributed by atoms with Crippen LogP contribution in [0.3, 0.4) is 0 Å². The average Bonchev–Trinajstić information content (AvgIpc) is 2.82. The van der Waals surface area contributed by atoms with E-state index in [1.807, 2.05) is 24.3 Å². The zero-order valence-electron chi connectivity index (χ0n) is 9.32. The van der Waals surface area contributed by atoms with Crippen LogP contribution in [0.2, 0.25) is 0 Å². The van der Waals surface area contributed by atoms with Gasteiger partial charge in [-0.05, 0) is 30.3 Å². The third-order valence-electron chi connectivity index (χ3n) is 2.69. The first-order valence-electron chi connectivity index (χ1n) is 5.40. The van der Waals surface area contributed by atoms with Crippen LogP contribution in [0.15, 0.2) is 48.5 Å². The first-order valence-corrected chi connectivity index (χ1v) is 5.40. The van der Waals surface area contributed by atoms with E-state index in [-0.39, 0.29) is 5.56 Å². The van der Waals surface area contributed by atoms with Crippen molar-refractivity contribution in [2.45, 2.75) is 0 Å². The Kier molecular flexibility index (Phi) is 2.30. The summed E-state index contributed by atoms with van der Waals surface area (Å²) < 4.78 is 1.63. The van der Waals surface area contributed by atoms with Crippen molar-refractivity contribution in [3.05, 3.63) is 54.1 Å². The van der Waals surface area contributed by atoms with Gasteiger partial charge in [0.1, 0.15) is 5.52 Å². The predicted molar refractivity (Wildman–Crippen MR) is 65.8 cm³/mol. The quantitative estimate of drug-likeness (QED) is 0.743. The summed E-state index contributed by atoms with van der Waals surface area (Å²) in [7, 11) is 0. The summed E-state index contributed by atoms with van der Waals surface area (Å²) in [6.45, 7) is 0. The van der Waals surface area contributed by atoms with Crippen LogP contribution < -0.4 is 0 Å². The largest absolute Gasteiger partial charge is 0.478 e. The van der Waals surface area contributed by atoms with Gasteiger partial charge >= 0.3 is 5.97 Å². The Morgan fingerprint density at radius 2 is 1.94 bits per heavy atom. The molecule has 0 radical (unpaired) electrons. The second kappa shape index (κ2) is 3.96. The molecule has 0 fully saturated rings. The molecule has 3 aromatic rings. The average molecular weight is 239 g/mol. The topological polar surface area (TPSA) is 68.0 Å². The van der Waals surface area contributed by atoms with Crippen LogP contribution in [0.4, 0.5) is 0 Å². The molecule has 0 bridgehead atoms. The molecule has 0 saturated heterocycles. The predicted octanol–water partition coefficient (Wildman–Crippen LogP) is 2.12. The smallest absolute Gasteiger partial charge is 0.335 e. The zero-order chi connectivity index (χ0) is 12.5. The van der Waals surface area contributed by atoms with Crippen LogP contribution in [0.1, 0.15) is 10.4 Å². The fourth-order valence-electron chi connectivity index (χ4n) is 1.83. The maximum Gasteiger partial charge on any atom is 0.335 e. The summed E-state index contributed by atoms with van der Waals surface area (Å²) in [5.74, 6) is -0.957. The Balaban J connectivity index is 2.20. The first-order chi connectivity index (χ1) is 8.75. The standard InChI is InChI=1S/C13H9N3O2/c17-13(18)9-4-3-5-10(8-9)16-12-7-2-1-6-11(12)14-15-16/h1-8H,(H,17,18). The van der Waals surface area contributed by atoms with E-state index in [0.29, 0.717) is 5.69 Å². The summed E-state index contributed by atoms with van der Waals surface area (Å²) in [5, 5.41) is 17.0. The molecule has 0 amide bonds. The molecular formula is C13H9N3O2. The Morgan fingerprint density at radius 1 is 1.11 bits per heavy atom. The molecule has 1 aromatic heterocycles. The molecule has 0 aliphatic carbocycles. The van der Waals surface area contributed by atoms with Gasteiger partial charge in [-0.1, -0.05) is 23.4 Å². The maximum absolute atomic E-state index is 10.9. The van der Waals surface area contributed by atoms with E-state index in [2.05, 4.69) is 10.3 Å². The molecule has 1 N–H and O–H groups in total. The Bertz CT molecular complexity index is 734. The molecule has 3 rings (SSSR count). The van der Waals surface area contributed by atoms with E-state index in [0.717, 1.165) is 11.0 Å². The molecule has 1 heterocycles. The van der Waals surface area contributed by atoms with Gasteiger partial charge in [0.15, 0.2) is 0 Å². The monoisotopic (exact) mass is 239 g/mol. The van der Waals surface area contributed by atoms with Crippen LogP contribution in [-0.4, -0.2) is 26.1 Å². The lowest BCUT2D eigenvalue weighted by Crippen LogP contribution is -2.01. The van der Waals surface area contributed by atoms with Crippen molar-refractivity contribution in [1.29, 1.82) is 0 Å². The lowest BCUT2D eigenvalue weighted by atomic mass is 10.2. The lowest BCUT2D eigenvalue weighted by molar-refractivity contribution is 0.0697. The fourth-order valence-corrected chi connectivity index (χ4v) is 1.83. The van der Waals surface area contributed by atoms with E-state index < -0.39 is 5.97 Å². The van der Waals surface area contributed by atoms with Gasteiger partial charge in [-0.15, -0.1) is 5.10 Å². The molecule has 2 aromatic carbocycles. The highest BCUT2D eigenvalue weighted by atomic mass is 16.4. The number of carboxylic acids is 1. The van der Waals surface area contributed by atoms with Crippen LogP contribution >= 0.6 is 0 Å². The Hall–Kier alpha value is -2.69. The van der Waals surface area contributed by atoms with Gasteiger partial charge in [0, 0.05) is 0 Å². The van der Waals surface area contributed by atoms with Crippen molar-refractivity contribution in [1.82, 2.24) is 15.0 Å². The number of benzene rings is 2. The first kappa shape index (κ1) is 10.5. The second-order valence-corrected chi connectivity index (χ2v) is 3.85. The van der Waals surface area contributed by atoms with Crippen molar-refractivity contribution < 1.29 is 9.90 Å². The third kappa shape index (κ3) is 1.62. The van der Waals surface area contributed by atoms with Gasteiger partial charge in [0.25, 0.3) is 0 Å². The maximum atomic E-state index is 10.9. The number of rotatable bonds is 2. The van der Waals surface area contributed by atoms with Crippen molar-refractivity contribution >= 4 is 17.0 Å². The minimum atomic E-state index is -0.957. The molecule has 0 aliphatic heterocycles. The van der Waals surface area contributed by atoms with E-state index in [1.54, 1.807) is 28.9 Å². The molecule has 88 valence electrons. The summed E-state index contributed by atoms with van der Waals surface area (Å²) >= 11 is 0. The Labute approximate surface area is 102 Å². The van der Waals surface area contributed by atoms with Crippen molar-refractivity contribution in [2.75, 3.05) is 0 Å². The summed E-state index contributed by atoms with van der Waals surface area (Å²) in [6.07, 6.45) is 0.